The molecule has 0 aliphatic rings. The second kappa shape index (κ2) is 7.10. The molecule has 0 bridgehead atoms. The molecular weight excluding hydrogens is 338 g/mol. The summed E-state index contributed by atoms with van der Waals surface area (Å²) in [5, 5.41) is 18.4. The summed E-state index contributed by atoms with van der Waals surface area (Å²) >= 11 is 0. The SMILES string of the molecule is O=C(O)Cn1cc(C(=O)O)c(=O)c2ccc(OCc3ccccc3)cc21. The second-order valence-electron chi connectivity index (χ2n) is 5.65. The minimum absolute atomic E-state index is 0.123. The van der Waals surface area contributed by atoms with Gasteiger partial charge in [0.1, 0.15) is 24.5 Å². The Labute approximate surface area is 147 Å². The first kappa shape index (κ1) is 17.2. The molecule has 0 saturated carbocycles. The van der Waals surface area contributed by atoms with Gasteiger partial charge in [0.25, 0.3) is 0 Å². The zero-order chi connectivity index (χ0) is 18.7. The van der Waals surface area contributed by atoms with Gasteiger partial charge in [-0.3, -0.25) is 9.59 Å². The van der Waals surface area contributed by atoms with Crippen molar-refractivity contribution in [1.82, 2.24) is 4.57 Å². The minimum Gasteiger partial charge on any atom is -0.489 e. The third-order valence-corrected chi connectivity index (χ3v) is 3.84. The second-order valence-corrected chi connectivity index (χ2v) is 5.65. The number of rotatable bonds is 6. The highest BCUT2D eigenvalue weighted by atomic mass is 16.5. The van der Waals surface area contributed by atoms with Gasteiger partial charge in [-0.2, -0.15) is 0 Å². The summed E-state index contributed by atoms with van der Waals surface area (Å²) in [4.78, 5) is 34.7. The number of hydrogen-bond acceptors (Lipinski definition) is 4. The fourth-order valence-electron chi connectivity index (χ4n) is 2.63. The highest BCUT2D eigenvalue weighted by Crippen LogP contribution is 2.21. The van der Waals surface area contributed by atoms with Crippen molar-refractivity contribution in [3.8, 4) is 5.75 Å². The number of carbonyl (C=O) groups is 2. The summed E-state index contributed by atoms with van der Waals surface area (Å²) in [7, 11) is 0. The number of aromatic nitrogens is 1. The summed E-state index contributed by atoms with van der Waals surface area (Å²) in [6.07, 6.45) is 1.04. The van der Waals surface area contributed by atoms with Crippen molar-refractivity contribution in [2.75, 3.05) is 0 Å². The molecule has 0 amide bonds. The van der Waals surface area contributed by atoms with Crippen LogP contribution in [-0.4, -0.2) is 26.7 Å². The van der Waals surface area contributed by atoms with E-state index in [9.17, 15) is 14.4 Å². The van der Waals surface area contributed by atoms with Gasteiger partial charge in [-0.1, -0.05) is 30.3 Å². The zero-order valence-corrected chi connectivity index (χ0v) is 13.6. The van der Waals surface area contributed by atoms with Gasteiger partial charge in [-0.05, 0) is 17.7 Å². The van der Waals surface area contributed by atoms with Crippen molar-refractivity contribution in [3.05, 3.63) is 76.1 Å². The lowest BCUT2D eigenvalue weighted by Crippen LogP contribution is -2.21. The number of ether oxygens (including phenoxy) is 1. The average Bonchev–Trinajstić information content (AvgIpc) is 2.62. The highest BCUT2D eigenvalue weighted by molar-refractivity contribution is 5.93. The zero-order valence-electron chi connectivity index (χ0n) is 13.6. The van der Waals surface area contributed by atoms with Crippen LogP contribution in [0.15, 0.2) is 59.5 Å². The molecule has 2 aromatic carbocycles. The molecule has 0 radical (unpaired) electrons. The summed E-state index contributed by atoms with van der Waals surface area (Å²) in [6, 6.07) is 14.0. The molecule has 3 aromatic rings. The van der Waals surface area contributed by atoms with E-state index in [4.69, 9.17) is 14.9 Å². The van der Waals surface area contributed by atoms with Crippen molar-refractivity contribution in [3.63, 3.8) is 0 Å². The van der Waals surface area contributed by atoms with Crippen LogP contribution in [-0.2, 0) is 17.9 Å². The number of fused-ring (bicyclic) bond motifs is 1. The van der Waals surface area contributed by atoms with Crippen molar-refractivity contribution in [2.24, 2.45) is 0 Å². The van der Waals surface area contributed by atoms with Crippen LogP contribution in [0, 0.1) is 0 Å². The first-order valence-electron chi connectivity index (χ1n) is 7.74. The van der Waals surface area contributed by atoms with Crippen LogP contribution in [0.2, 0.25) is 0 Å². The molecule has 2 N–H and O–H groups in total. The predicted octanol–water partition coefficient (Wildman–Crippen LogP) is 2.36. The normalized spacial score (nSPS) is 10.6. The molecule has 26 heavy (non-hydrogen) atoms. The topological polar surface area (TPSA) is 106 Å². The van der Waals surface area contributed by atoms with Crippen LogP contribution in [0.25, 0.3) is 10.9 Å². The Morgan fingerprint density at radius 2 is 1.77 bits per heavy atom. The van der Waals surface area contributed by atoms with Crippen LogP contribution in [0.3, 0.4) is 0 Å². The van der Waals surface area contributed by atoms with Crippen molar-refractivity contribution in [1.29, 1.82) is 0 Å². The molecule has 0 unspecified atom stereocenters. The maximum atomic E-state index is 12.3. The summed E-state index contributed by atoms with van der Waals surface area (Å²) < 4.78 is 6.92. The van der Waals surface area contributed by atoms with Crippen LogP contribution in [0.1, 0.15) is 15.9 Å². The van der Waals surface area contributed by atoms with Gasteiger partial charge in [0.05, 0.1) is 5.52 Å². The Kier molecular flexibility index (Phi) is 4.70. The summed E-state index contributed by atoms with van der Waals surface area (Å²) in [5.74, 6) is -2.11. The van der Waals surface area contributed by atoms with Gasteiger partial charge in [0, 0.05) is 17.6 Å². The van der Waals surface area contributed by atoms with E-state index in [1.807, 2.05) is 30.3 Å². The van der Waals surface area contributed by atoms with Gasteiger partial charge in [0.2, 0.25) is 5.43 Å². The van der Waals surface area contributed by atoms with Gasteiger partial charge in [-0.25, -0.2) is 4.79 Å². The van der Waals surface area contributed by atoms with E-state index in [1.165, 1.54) is 16.7 Å². The molecule has 0 aliphatic carbocycles. The molecule has 0 fully saturated rings. The van der Waals surface area contributed by atoms with Crippen LogP contribution >= 0.6 is 0 Å². The molecule has 1 heterocycles. The number of pyridine rings is 1. The molecule has 0 saturated heterocycles. The maximum Gasteiger partial charge on any atom is 0.341 e. The Hall–Kier alpha value is -3.61. The number of aromatic carboxylic acids is 1. The number of nitrogens with zero attached hydrogens (tertiary/aromatic N) is 1. The van der Waals surface area contributed by atoms with Crippen LogP contribution < -0.4 is 10.2 Å². The number of carboxylic acid groups (broad SMARTS) is 2. The van der Waals surface area contributed by atoms with Gasteiger partial charge in [0.15, 0.2) is 0 Å². The number of benzene rings is 2. The maximum absolute atomic E-state index is 12.3. The summed E-state index contributed by atoms with van der Waals surface area (Å²) in [6.45, 7) is -0.165. The minimum atomic E-state index is -1.40. The monoisotopic (exact) mass is 353 g/mol. The van der Waals surface area contributed by atoms with Gasteiger partial charge in [-0.15, -0.1) is 0 Å². The number of aliphatic carboxylic acids is 1. The van der Waals surface area contributed by atoms with Crippen LogP contribution in [0.4, 0.5) is 0 Å². The van der Waals surface area contributed by atoms with E-state index in [0.29, 0.717) is 17.9 Å². The lowest BCUT2D eigenvalue weighted by atomic mass is 10.1. The molecule has 1 aromatic heterocycles. The van der Waals surface area contributed by atoms with E-state index in [2.05, 4.69) is 0 Å². The molecule has 3 rings (SSSR count). The van der Waals surface area contributed by atoms with E-state index in [1.54, 1.807) is 6.07 Å². The van der Waals surface area contributed by atoms with E-state index in [0.717, 1.165) is 11.8 Å². The van der Waals surface area contributed by atoms with Gasteiger partial charge >= 0.3 is 11.9 Å². The molecular formula is C19H15NO6. The quantitative estimate of drug-likeness (QED) is 0.705. The van der Waals surface area contributed by atoms with Crippen molar-refractivity contribution < 1.29 is 24.5 Å². The predicted molar refractivity (Wildman–Crippen MR) is 93.6 cm³/mol. The molecule has 7 heteroatoms. The largest absolute Gasteiger partial charge is 0.489 e. The molecule has 132 valence electrons. The summed E-state index contributed by atoms with van der Waals surface area (Å²) in [5.41, 5.74) is 0.116. The van der Waals surface area contributed by atoms with Crippen LogP contribution in [0.5, 0.6) is 5.75 Å². The Bertz CT molecular complexity index is 1040. The van der Waals surface area contributed by atoms with Crippen molar-refractivity contribution >= 4 is 22.8 Å². The Balaban J connectivity index is 2.04. The lowest BCUT2D eigenvalue weighted by molar-refractivity contribution is -0.137. The third kappa shape index (κ3) is 3.56. The standard InChI is InChI=1S/C19H15NO6/c21-17(22)10-20-9-15(19(24)25)18(23)14-7-6-13(8-16(14)20)26-11-12-4-2-1-3-5-12/h1-9H,10-11H2,(H,21,22)(H,24,25). The Morgan fingerprint density at radius 3 is 2.42 bits per heavy atom. The first-order valence-corrected chi connectivity index (χ1v) is 7.74. The van der Waals surface area contributed by atoms with E-state index >= 15 is 0 Å². The first-order chi connectivity index (χ1) is 12.5. The third-order valence-electron chi connectivity index (χ3n) is 3.84. The number of carboxylic acids is 2. The van der Waals surface area contributed by atoms with E-state index < -0.39 is 29.5 Å². The highest BCUT2D eigenvalue weighted by Gasteiger charge is 2.16. The van der Waals surface area contributed by atoms with Crippen molar-refractivity contribution in [2.45, 2.75) is 13.2 Å². The van der Waals surface area contributed by atoms with E-state index in [-0.39, 0.29) is 5.39 Å². The molecule has 0 atom stereocenters. The fourth-order valence-corrected chi connectivity index (χ4v) is 2.63. The fraction of sp³-hybridized carbons (Fsp3) is 0.105. The van der Waals surface area contributed by atoms with Gasteiger partial charge < -0.3 is 19.5 Å². The lowest BCUT2D eigenvalue weighted by Gasteiger charge is -2.12. The Morgan fingerprint density at radius 1 is 1.04 bits per heavy atom. The average molecular weight is 353 g/mol. The number of hydrogen-bond donors (Lipinski definition) is 2. The molecule has 7 nitrogen and oxygen atoms in total. The smallest absolute Gasteiger partial charge is 0.341 e. The molecule has 0 aliphatic heterocycles. The molecule has 0 spiro atoms.